The lowest BCUT2D eigenvalue weighted by Gasteiger charge is -2.04. The summed E-state index contributed by atoms with van der Waals surface area (Å²) in [4.78, 5) is 11.2. The lowest BCUT2D eigenvalue weighted by atomic mass is 10.5. The summed E-state index contributed by atoms with van der Waals surface area (Å²) in [6, 6.07) is 1.74. The SMILES string of the molecule is CSCCNC(=O)Nc1ccsc1. The van der Waals surface area contributed by atoms with E-state index in [0.717, 1.165) is 11.4 Å². The molecular formula is C8H12N2OS2. The summed E-state index contributed by atoms with van der Waals surface area (Å²) in [5.74, 6) is 0.942. The minimum Gasteiger partial charge on any atom is -0.337 e. The lowest BCUT2D eigenvalue weighted by molar-refractivity contribution is 0.252. The average molecular weight is 216 g/mol. The molecule has 13 heavy (non-hydrogen) atoms. The third-order valence-corrected chi connectivity index (χ3v) is 2.67. The van der Waals surface area contributed by atoms with Crippen LogP contribution in [0.3, 0.4) is 0 Å². The number of urea groups is 1. The van der Waals surface area contributed by atoms with Gasteiger partial charge in [-0.1, -0.05) is 0 Å². The van der Waals surface area contributed by atoms with E-state index in [2.05, 4.69) is 10.6 Å². The smallest absolute Gasteiger partial charge is 0.319 e. The Morgan fingerprint density at radius 2 is 2.54 bits per heavy atom. The van der Waals surface area contributed by atoms with Crippen LogP contribution < -0.4 is 10.6 Å². The van der Waals surface area contributed by atoms with Crippen LogP contribution in [-0.2, 0) is 0 Å². The van der Waals surface area contributed by atoms with Gasteiger partial charge in [-0.2, -0.15) is 23.1 Å². The highest BCUT2D eigenvalue weighted by molar-refractivity contribution is 7.98. The van der Waals surface area contributed by atoms with Gasteiger partial charge < -0.3 is 10.6 Å². The van der Waals surface area contributed by atoms with Gasteiger partial charge >= 0.3 is 6.03 Å². The molecule has 2 N–H and O–H groups in total. The summed E-state index contributed by atoms with van der Waals surface area (Å²) in [6.07, 6.45) is 2.01. The number of carbonyl (C=O) groups excluding carboxylic acids is 1. The number of carbonyl (C=O) groups is 1. The number of hydrogen-bond acceptors (Lipinski definition) is 3. The fourth-order valence-corrected chi connectivity index (χ4v) is 1.67. The molecule has 0 atom stereocenters. The first kappa shape index (κ1) is 10.4. The highest BCUT2D eigenvalue weighted by atomic mass is 32.2. The Kier molecular flexibility index (Phi) is 4.70. The fourth-order valence-electron chi connectivity index (χ4n) is 0.778. The molecule has 5 heteroatoms. The predicted octanol–water partition coefficient (Wildman–Crippen LogP) is 2.23. The Hall–Kier alpha value is -0.680. The monoisotopic (exact) mass is 216 g/mol. The number of hydrogen-bond donors (Lipinski definition) is 2. The molecule has 1 aromatic rings. The van der Waals surface area contributed by atoms with Crippen LogP contribution >= 0.6 is 23.1 Å². The second-order valence-electron chi connectivity index (χ2n) is 2.39. The van der Waals surface area contributed by atoms with Gasteiger partial charge in [-0.25, -0.2) is 4.79 Å². The molecule has 72 valence electrons. The first-order chi connectivity index (χ1) is 6.33. The molecule has 0 fully saturated rings. The van der Waals surface area contributed by atoms with Crippen molar-refractivity contribution in [3.63, 3.8) is 0 Å². The molecule has 0 unspecified atom stereocenters. The minimum atomic E-state index is -0.132. The minimum absolute atomic E-state index is 0.132. The van der Waals surface area contributed by atoms with Crippen LogP contribution in [0.25, 0.3) is 0 Å². The van der Waals surface area contributed by atoms with Gasteiger partial charge in [-0.3, -0.25) is 0 Å². The lowest BCUT2D eigenvalue weighted by Crippen LogP contribution is -2.30. The van der Waals surface area contributed by atoms with Crippen molar-refractivity contribution in [3.8, 4) is 0 Å². The summed E-state index contributed by atoms with van der Waals surface area (Å²) >= 11 is 3.27. The van der Waals surface area contributed by atoms with Crippen LogP contribution in [0.5, 0.6) is 0 Å². The molecule has 0 saturated heterocycles. The van der Waals surface area contributed by atoms with Crippen molar-refractivity contribution in [2.75, 3.05) is 23.9 Å². The maximum absolute atomic E-state index is 11.2. The Balaban J connectivity index is 2.18. The van der Waals surface area contributed by atoms with Crippen LogP contribution in [0.4, 0.5) is 10.5 Å². The molecule has 1 aromatic heterocycles. The normalized spacial score (nSPS) is 9.62. The van der Waals surface area contributed by atoms with E-state index in [1.165, 1.54) is 0 Å². The molecule has 0 aliphatic rings. The van der Waals surface area contributed by atoms with Crippen LogP contribution in [0.2, 0.25) is 0 Å². The van der Waals surface area contributed by atoms with Crippen molar-refractivity contribution in [2.45, 2.75) is 0 Å². The fraction of sp³-hybridized carbons (Fsp3) is 0.375. The van der Waals surface area contributed by atoms with E-state index >= 15 is 0 Å². The molecule has 0 saturated carbocycles. The van der Waals surface area contributed by atoms with Crippen molar-refractivity contribution >= 4 is 34.8 Å². The molecular weight excluding hydrogens is 204 g/mol. The Bertz CT molecular complexity index is 249. The Morgan fingerprint density at radius 3 is 3.15 bits per heavy atom. The van der Waals surface area contributed by atoms with E-state index < -0.39 is 0 Å². The van der Waals surface area contributed by atoms with Crippen LogP contribution in [0.15, 0.2) is 16.8 Å². The number of amides is 2. The van der Waals surface area contributed by atoms with Crippen molar-refractivity contribution < 1.29 is 4.79 Å². The second kappa shape index (κ2) is 5.88. The van der Waals surface area contributed by atoms with Gasteiger partial charge in [0, 0.05) is 17.7 Å². The first-order valence-corrected chi connectivity index (χ1v) is 6.22. The highest BCUT2D eigenvalue weighted by Gasteiger charge is 1.99. The zero-order valence-electron chi connectivity index (χ0n) is 7.37. The topological polar surface area (TPSA) is 41.1 Å². The molecule has 0 aromatic carbocycles. The van der Waals surface area contributed by atoms with Gasteiger partial charge in [0.25, 0.3) is 0 Å². The quantitative estimate of drug-likeness (QED) is 0.758. The van der Waals surface area contributed by atoms with Gasteiger partial charge in [-0.15, -0.1) is 0 Å². The van der Waals surface area contributed by atoms with Crippen molar-refractivity contribution in [3.05, 3.63) is 16.8 Å². The van der Waals surface area contributed by atoms with Crippen molar-refractivity contribution in [2.24, 2.45) is 0 Å². The second-order valence-corrected chi connectivity index (χ2v) is 4.15. The molecule has 1 heterocycles. The summed E-state index contributed by atoms with van der Waals surface area (Å²) in [7, 11) is 0. The molecule has 0 aliphatic carbocycles. The van der Waals surface area contributed by atoms with Gasteiger partial charge in [-0.05, 0) is 17.7 Å². The van der Waals surface area contributed by atoms with E-state index in [4.69, 9.17) is 0 Å². The summed E-state index contributed by atoms with van der Waals surface area (Å²) in [5, 5.41) is 9.31. The standard InChI is InChI=1S/C8H12N2OS2/c1-12-5-3-9-8(11)10-7-2-4-13-6-7/h2,4,6H,3,5H2,1H3,(H2,9,10,11). The van der Waals surface area contributed by atoms with Crippen molar-refractivity contribution in [1.29, 1.82) is 0 Å². The van der Waals surface area contributed by atoms with Crippen LogP contribution in [-0.4, -0.2) is 24.6 Å². The van der Waals surface area contributed by atoms with E-state index in [9.17, 15) is 4.79 Å². The van der Waals surface area contributed by atoms with Gasteiger partial charge in [0.1, 0.15) is 0 Å². The molecule has 3 nitrogen and oxygen atoms in total. The number of anilines is 1. The number of thioether (sulfide) groups is 1. The maximum atomic E-state index is 11.2. The van der Waals surface area contributed by atoms with Gasteiger partial charge in [0.2, 0.25) is 0 Å². The molecule has 1 rings (SSSR count). The third kappa shape index (κ3) is 4.19. The largest absolute Gasteiger partial charge is 0.337 e. The molecule has 0 radical (unpaired) electrons. The van der Waals surface area contributed by atoms with Crippen molar-refractivity contribution in [1.82, 2.24) is 5.32 Å². The summed E-state index contributed by atoms with van der Waals surface area (Å²) in [5.41, 5.74) is 0.853. The molecule has 0 spiro atoms. The summed E-state index contributed by atoms with van der Waals surface area (Å²) in [6.45, 7) is 0.705. The molecule has 0 bridgehead atoms. The third-order valence-electron chi connectivity index (χ3n) is 1.37. The summed E-state index contributed by atoms with van der Waals surface area (Å²) < 4.78 is 0. The van der Waals surface area contributed by atoms with Crippen LogP contribution in [0, 0.1) is 0 Å². The first-order valence-electron chi connectivity index (χ1n) is 3.89. The Morgan fingerprint density at radius 1 is 1.69 bits per heavy atom. The number of nitrogens with one attached hydrogen (secondary N) is 2. The van der Waals surface area contributed by atoms with Crippen LogP contribution in [0.1, 0.15) is 0 Å². The number of thiophene rings is 1. The zero-order valence-corrected chi connectivity index (χ0v) is 9.00. The van der Waals surface area contributed by atoms with E-state index in [1.54, 1.807) is 23.1 Å². The van der Waals surface area contributed by atoms with E-state index in [0.29, 0.717) is 6.54 Å². The highest BCUT2D eigenvalue weighted by Crippen LogP contribution is 2.10. The number of rotatable bonds is 4. The average Bonchev–Trinajstić information content (AvgIpc) is 2.57. The molecule has 2 amide bonds. The molecule has 0 aliphatic heterocycles. The van der Waals surface area contributed by atoms with E-state index in [1.807, 2.05) is 23.1 Å². The van der Waals surface area contributed by atoms with Gasteiger partial charge in [0.05, 0.1) is 5.69 Å². The van der Waals surface area contributed by atoms with Gasteiger partial charge in [0.15, 0.2) is 0 Å². The Labute approximate surface area is 85.9 Å². The predicted molar refractivity (Wildman–Crippen MR) is 59.7 cm³/mol. The van der Waals surface area contributed by atoms with E-state index in [-0.39, 0.29) is 6.03 Å². The maximum Gasteiger partial charge on any atom is 0.319 e. The zero-order chi connectivity index (χ0) is 9.52.